The number of nitrogens with one attached hydrogen (secondary N) is 1. The normalized spacial score (nSPS) is 10.3. The van der Waals surface area contributed by atoms with Crippen LogP contribution >= 0.6 is 11.3 Å². The molecule has 0 aliphatic carbocycles. The highest BCUT2D eigenvalue weighted by atomic mass is 32.1. The zero-order valence-corrected chi connectivity index (χ0v) is 14.6. The summed E-state index contributed by atoms with van der Waals surface area (Å²) in [5.41, 5.74) is 3.50. The van der Waals surface area contributed by atoms with Gasteiger partial charge in [0, 0.05) is 23.3 Å². The summed E-state index contributed by atoms with van der Waals surface area (Å²) in [5, 5.41) is 5.09. The lowest BCUT2D eigenvalue weighted by Crippen LogP contribution is -2.14. The van der Waals surface area contributed by atoms with Gasteiger partial charge in [-0.1, -0.05) is 29.8 Å². The van der Waals surface area contributed by atoms with Crippen LogP contribution < -0.4 is 5.32 Å². The fraction of sp³-hybridized carbons (Fsp3) is 0.105. The maximum absolute atomic E-state index is 12.4. The number of nitrogens with zero attached hydrogens (tertiary/aromatic N) is 1. The van der Waals surface area contributed by atoms with Gasteiger partial charge in [-0.2, -0.15) is 0 Å². The predicted molar refractivity (Wildman–Crippen MR) is 98.0 cm³/mol. The third-order valence-electron chi connectivity index (χ3n) is 3.66. The molecular formula is C19H16N2O3S. The smallest absolute Gasteiger partial charge is 0.341 e. The third-order valence-corrected chi connectivity index (χ3v) is 4.56. The number of benzene rings is 1. The van der Waals surface area contributed by atoms with E-state index >= 15 is 0 Å². The van der Waals surface area contributed by atoms with Crippen LogP contribution in [0.5, 0.6) is 0 Å². The molecule has 2 aromatic heterocycles. The summed E-state index contributed by atoms with van der Waals surface area (Å²) in [6.45, 7) is 1.98. The van der Waals surface area contributed by atoms with E-state index in [0.717, 1.165) is 16.7 Å². The second-order valence-electron chi connectivity index (χ2n) is 5.41. The number of carbonyl (C=O) groups is 2. The van der Waals surface area contributed by atoms with Crippen LogP contribution in [0.2, 0.25) is 0 Å². The fourth-order valence-electron chi connectivity index (χ4n) is 2.45. The van der Waals surface area contributed by atoms with Gasteiger partial charge in [0.25, 0.3) is 5.91 Å². The van der Waals surface area contributed by atoms with E-state index in [4.69, 9.17) is 4.74 Å². The fourth-order valence-corrected chi connectivity index (χ4v) is 3.40. The first-order valence-electron chi connectivity index (χ1n) is 7.58. The molecule has 0 bridgehead atoms. The monoisotopic (exact) mass is 352 g/mol. The molecule has 1 amide bonds. The zero-order valence-electron chi connectivity index (χ0n) is 13.8. The molecule has 6 heteroatoms. The highest BCUT2D eigenvalue weighted by molar-refractivity contribution is 7.15. The van der Waals surface area contributed by atoms with Gasteiger partial charge < -0.3 is 10.1 Å². The van der Waals surface area contributed by atoms with Crippen LogP contribution in [0.1, 0.15) is 26.3 Å². The van der Waals surface area contributed by atoms with E-state index in [1.165, 1.54) is 24.6 Å². The standard InChI is InChI=1S/C19H16N2O3S/c1-12-5-3-6-13(9-12)15-11-25-18(16(15)19(23)24-2)21-17(22)14-7-4-8-20-10-14/h3-11H,1-2H3,(H,21,22). The minimum atomic E-state index is -0.487. The Hall–Kier alpha value is -2.99. The Bertz CT molecular complexity index is 919. The molecule has 1 aromatic carbocycles. The minimum Gasteiger partial charge on any atom is -0.465 e. The number of amides is 1. The number of anilines is 1. The number of pyridine rings is 1. The predicted octanol–water partition coefficient (Wildman–Crippen LogP) is 4.16. The lowest BCUT2D eigenvalue weighted by Gasteiger charge is -2.08. The Morgan fingerprint density at radius 2 is 2.04 bits per heavy atom. The Balaban J connectivity index is 2.00. The molecule has 0 saturated carbocycles. The molecule has 1 N–H and O–H groups in total. The number of esters is 1. The first kappa shape index (κ1) is 16.9. The molecule has 2 heterocycles. The third kappa shape index (κ3) is 3.59. The Morgan fingerprint density at radius 3 is 2.72 bits per heavy atom. The highest BCUT2D eigenvalue weighted by Gasteiger charge is 2.22. The van der Waals surface area contributed by atoms with Gasteiger partial charge in [0.15, 0.2) is 0 Å². The number of thiophene rings is 1. The second-order valence-corrected chi connectivity index (χ2v) is 6.29. The van der Waals surface area contributed by atoms with Gasteiger partial charge in [-0.25, -0.2) is 4.79 Å². The average Bonchev–Trinajstić information content (AvgIpc) is 3.05. The molecule has 0 atom stereocenters. The molecule has 3 rings (SSSR count). The van der Waals surface area contributed by atoms with Gasteiger partial charge in [0.2, 0.25) is 0 Å². The van der Waals surface area contributed by atoms with Crippen molar-refractivity contribution in [3.8, 4) is 11.1 Å². The molecule has 0 saturated heterocycles. The van der Waals surface area contributed by atoms with E-state index < -0.39 is 5.97 Å². The van der Waals surface area contributed by atoms with Crippen LogP contribution in [0.25, 0.3) is 11.1 Å². The van der Waals surface area contributed by atoms with Gasteiger partial charge in [0.05, 0.1) is 12.7 Å². The molecule has 0 fully saturated rings. The molecule has 0 aliphatic heterocycles. The van der Waals surface area contributed by atoms with Crippen molar-refractivity contribution >= 4 is 28.2 Å². The summed E-state index contributed by atoms with van der Waals surface area (Å²) in [4.78, 5) is 28.6. The van der Waals surface area contributed by atoms with Gasteiger partial charge in [-0.05, 0) is 24.6 Å². The average molecular weight is 352 g/mol. The van der Waals surface area contributed by atoms with E-state index in [1.807, 2.05) is 36.6 Å². The van der Waals surface area contributed by atoms with Gasteiger partial charge in [0.1, 0.15) is 10.6 Å². The molecule has 0 spiro atoms. The summed E-state index contributed by atoms with van der Waals surface area (Å²) in [6.07, 6.45) is 3.07. The molecule has 3 aromatic rings. The van der Waals surface area contributed by atoms with Crippen molar-refractivity contribution in [2.24, 2.45) is 0 Å². The van der Waals surface area contributed by atoms with Crippen molar-refractivity contribution in [2.45, 2.75) is 6.92 Å². The maximum atomic E-state index is 12.4. The summed E-state index contributed by atoms with van der Waals surface area (Å²) in [6, 6.07) is 11.2. The molecule has 0 radical (unpaired) electrons. The topological polar surface area (TPSA) is 68.3 Å². The first-order chi connectivity index (χ1) is 12.1. The van der Waals surface area contributed by atoms with Crippen LogP contribution in [0.15, 0.2) is 54.2 Å². The van der Waals surface area contributed by atoms with Crippen LogP contribution in [-0.4, -0.2) is 24.0 Å². The summed E-state index contributed by atoms with van der Waals surface area (Å²) < 4.78 is 4.92. The SMILES string of the molecule is COC(=O)c1c(-c2cccc(C)c2)csc1NC(=O)c1cccnc1. The number of hydrogen-bond acceptors (Lipinski definition) is 5. The number of methoxy groups -OCH3 is 1. The summed E-state index contributed by atoms with van der Waals surface area (Å²) in [7, 11) is 1.33. The van der Waals surface area contributed by atoms with Crippen molar-refractivity contribution < 1.29 is 14.3 Å². The van der Waals surface area contributed by atoms with Crippen molar-refractivity contribution in [1.82, 2.24) is 4.98 Å². The Labute approximate surface area is 149 Å². The van der Waals surface area contributed by atoms with Crippen molar-refractivity contribution in [3.63, 3.8) is 0 Å². The number of aromatic nitrogens is 1. The van der Waals surface area contributed by atoms with Crippen LogP contribution in [0.3, 0.4) is 0 Å². The number of hydrogen-bond donors (Lipinski definition) is 1. The second kappa shape index (κ2) is 7.27. The quantitative estimate of drug-likeness (QED) is 0.716. The molecule has 0 aliphatic rings. The van der Waals surface area contributed by atoms with E-state index in [0.29, 0.717) is 16.1 Å². The van der Waals surface area contributed by atoms with Gasteiger partial charge >= 0.3 is 5.97 Å². The van der Waals surface area contributed by atoms with E-state index in [-0.39, 0.29) is 5.91 Å². The zero-order chi connectivity index (χ0) is 17.8. The van der Waals surface area contributed by atoms with Gasteiger partial charge in [-0.3, -0.25) is 9.78 Å². The number of aryl methyl sites for hydroxylation is 1. The minimum absolute atomic E-state index is 0.323. The van der Waals surface area contributed by atoms with Crippen molar-refractivity contribution in [2.75, 3.05) is 12.4 Å². The largest absolute Gasteiger partial charge is 0.465 e. The van der Waals surface area contributed by atoms with E-state index in [1.54, 1.807) is 18.3 Å². The summed E-state index contributed by atoms with van der Waals surface area (Å²) in [5.74, 6) is -0.810. The van der Waals surface area contributed by atoms with Crippen LogP contribution in [0, 0.1) is 6.92 Å². The van der Waals surface area contributed by atoms with Crippen molar-refractivity contribution in [3.05, 3.63) is 70.9 Å². The van der Waals surface area contributed by atoms with Crippen LogP contribution in [-0.2, 0) is 4.74 Å². The van der Waals surface area contributed by atoms with Crippen molar-refractivity contribution in [1.29, 1.82) is 0 Å². The number of ether oxygens (including phenoxy) is 1. The maximum Gasteiger partial charge on any atom is 0.341 e. The molecule has 126 valence electrons. The molecule has 0 unspecified atom stereocenters. The number of rotatable bonds is 4. The lowest BCUT2D eigenvalue weighted by molar-refractivity contribution is 0.0603. The Kier molecular flexibility index (Phi) is 4.90. The lowest BCUT2D eigenvalue weighted by atomic mass is 10.0. The van der Waals surface area contributed by atoms with E-state index in [9.17, 15) is 9.59 Å². The Morgan fingerprint density at radius 1 is 1.20 bits per heavy atom. The molecular weight excluding hydrogens is 336 g/mol. The van der Waals surface area contributed by atoms with E-state index in [2.05, 4.69) is 10.3 Å². The van der Waals surface area contributed by atoms with Crippen LogP contribution in [0.4, 0.5) is 5.00 Å². The number of carbonyl (C=O) groups excluding carboxylic acids is 2. The molecule has 5 nitrogen and oxygen atoms in total. The summed E-state index contributed by atoms with van der Waals surface area (Å²) >= 11 is 1.29. The first-order valence-corrected chi connectivity index (χ1v) is 8.46. The molecule has 25 heavy (non-hydrogen) atoms. The van der Waals surface area contributed by atoms with Gasteiger partial charge in [-0.15, -0.1) is 11.3 Å². The highest BCUT2D eigenvalue weighted by Crippen LogP contribution is 2.36.